The third kappa shape index (κ3) is 2.88. The number of carbonyl (C=O) groups is 1. The fourth-order valence-electron chi connectivity index (χ4n) is 1.96. The first-order valence-electron chi connectivity index (χ1n) is 6.89. The van der Waals surface area contributed by atoms with Gasteiger partial charge in [-0.2, -0.15) is 5.06 Å². The number of nitrogens with zero attached hydrogens (tertiary/aromatic N) is 2. The van der Waals surface area contributed by atoms with E-state index in [-0.39, 0.29) is 12.5 Å². The summed E-state index contributed by atoms with van der Waals surface area (Å²) in [5.74, 6) is 0.108. The molecule has 1 aliphatic heterocycles. The number of thiophene rings is 1. The van der Waals surface area contributed by atoms with E-state index in [2.05, 4.69) is 5.16 Å². The van der Waals surface area contributed by atoms with Gasteiger partial charge in [-0.25, -0.2) is 0 Å². The Morgan fingerprint density at radius 3 is 2.68 bits per heavy atom. The van der Waals surface area contributed by atoms with Gasteiger partial charge in [-0.15, -0.1) is 11.3 Å². The SMILES string of the molecule is CC1(C)ON=C(c2cccs2)N(OCc2ccccc2)C1=O. The van der Waals surface area contributed by atoms with Gasteiger partial charge in [-0.05, 0) is 30.9 Å². The molecule has 0 fully saturated rings. The number of rotatable bonds is 4. The van der Waals surface area contributed by atoms with Gasteiger partial charge in [-0.1, -0.05) is 41.6 Å². The second-order valence-electron chi connectivity index (χ2n) is 5.35. The fraction of sp³-hybridized carbons (Fsp3) is 0.250. The van der Waals surface area contributed by atoms with Crippen LogP contribution in [-0.2, 0) is 21.1 Å². The van der Waals surface area contributed by atoms with E-state index in [0.29, 0.717) is 5.84 Å². The average Bonchev–Trinajstić information content (AvgIpc) is 3.04. The van der Waals surface area contributed by atoms with Gasteiger partial charge in [-0.3, -0.25) is 9.63 Å². The van der Waals surface area contributed by atoms with E-state index < -0.39 is 5.60 Å². The summed E-state index contributed by atoms with van der Waals surface area (Å²) < 4.78 is 0. The second kappa shape index (κ2) is 5.90. The highest BCUT2D eigenvalue weighted by Crippen LogP contribution is 2.25. The molecular weight excluding hydrogens is 300 g/mol. The van der Waals surface area contributed by atoms with Crippen LogP contribution in [-0.4, -0.2) is 22.4 Å². The number of oxime groups is 1. The number of amides is 1. The van der Waals surface area contributed by atoms with Gasteiger partial charge in [0.15, 0.2) is 0 Å². The second-order valence-corrected chi connectivity index (χ2v) is 6.30. The maximum Gasteiger partial charge on any atom is 0.298 e. The van der Waals surface area contributed by atoms with Crippen LogP contribution in [0, 0.1) is 0 Å². The molecular formula is C16H16N2O3S. The maximum atomic E-state index is 12.6. The van der Waals surface area contributed by atoms with E-state index in [0.717, 1.165) is 10.4 Å². The molecule has 5 nitrogen and oxygen atoms in total. The minimum absolute atomic E-state index is 0.276. The Kier molecular flexibility index (Phi) is 3.96. The summed E-state index contributed by atoms with van der Waals surface area (Å²) in [6, 6.07) is 13.4. The lowest BCUT2D eigenvalue weighted by Crippen LogP contribution is -2.52. The molecule has 0 aliphatic carbocycles. The molecule has 1 aromatic carbocycles. The van der Waals surface area contributed by atoms with Gasteiger partial charge in [0.05, 0.1) is 4.88 Å². The quantitative estimate of drug-likeness (QED) is 0.870. The Morgan fingerprint density at radius 1 is 1.23 bits per heavy atom. The molecule has 2 heterocycles. The molecule has 0 atom stereocenters. The van der Waals surface area contributed by atoms with Gasteiger partial charge < -0.3 is 4.84 Å². The molecule has 0 bridgehead atoms. The molecule has 0 saturated carbocycles. The van der Waals surface area contributed by atoms with Crippen molar-refractivity contribution >= 4 is 23.1 Å². The van der Waals surface area contributed by atoms with Crippen molar-refractivity contribution in [2.45, 2.75) is 26.1 Å². The van der Waals surface area contributed by atoms with Crippen LogP contribution in [0.1, 0.15) is 24.3 Å². The fourth-order valence-corrected chi connectivity index (χ4v) is 2.64. The zero-order valence-electron chi connectivity index (χ0n) is 12.4. The third-order valence-corrected chi connectivity index (χ3v) is 4.06. The van der Waals surface area contributed by atoms with Gasteiger partial charge in [0.2, 0.25) is 11.4 Å². The van der Waals surface area contributed by atoms with E-state index in [4.69, 9.17) is 9.68 Å². The zero-order chi connectivity index (χ0) is 15.6. The third-order valence-electron chi connectivity index (χ3n) is 3.20. The van der Waals surface area contributed by atoms with Crippen molar-refractivity contribution in [2.75, 3.05) is 0 Å². The predicted octanol–water partition coefficient (Wildman–Crippen LogP) is 3.18. The van der Waals surface area contributed by atoms with E-state index in [1.54, 1.807) is 13.8 Å². The summed E-state index contributed by atoms with van der Waals surface area (Å²) in [5, 5.41) is 7.23. The van der Waals surface area contributed by atoms with Gasteiger partial charge in [0.25, 0.3) is 5.91 Å². The molecule has 0 N–H and O–H groups in total. The molecule has 0 saturated heterocycles. The first kappa shape index (κ1) is 14.7. The highest BCUT2D eigenvalue weighted by Gasteiger charge is 2.42. The van der Waals surface area contributed by atoms with Crippen molar-refractivity contribution in [1.82, 2.24) is 5.06 Å². The Morgan fingerprint density at radius 2 is 2.00 bits per heavy atom. The van der Waals surface area contributed by atoms with Crippen molar-refractivity contribution in [2.24, 2.45) is 5.16 Å². The topological polar surface area (TPSA) is 51.1 Å². The van der Waals surface area contributed by atoms with E-state index in [1.165, 1.54) is 16.4 Å². The average molecular weight is 316 g/mol. The van der Waals surface area contributed by atoms with E-state index in [1.807, 2.05) is 47.8 Å². The Hall–Kier alpha value is -2.18. The lowest BCUT2D eigenvalue weighted by Gasteiger charge is -2.33. The first-order chi connectivity index (χ1) is 10.6. The van der Waals surface area contributed by atoms with Crippen molar-refractivity contribution in [3.8, 4) is 0 Å². The van der Waals surface area contributed by atoms with E-state index in [9.17, 15) is 4.79 Å². The van der Waals surface area contributed by atoms with Crippen LogP contribution in [0.5, 0.6) is 0 Å². The van der Waals surface area contributed by atoms with Crippen LogP contribution in [0.4, 0.5) is 0 Å². The van der Waals surface area contributed by atoms with E-state index >= 15 is 0 Å². The standard InChI is InChI=1S/C16H16N2O3S/c1-16(2)15(19)18(20-11-12-7-4-3-5-8-12)14(17-21-16)13-9-6-10-22-13/h3-10H,11H2,1-2H3. The van der Waals surface area contributed by atoms with Crippen LogP contribution in [0.2, 0.25) is 0 Å². The predicted molar refractivity (Wildman–Crippen MR) is 84.1 cm³/mol. The summed E-state index contributed by atoms with van der Waals surface area (Å²) in [6.07, 6.45) is 0. The first-order valence-corrected chi connectivity index (χ1v) is 7.77. The molecule has 2 aromatic rings. The molecule has 0 radical (unpaired) electrons. The maximum absolute atomic E-state index is 12.6. The van der Waals surface area contributed by atoms with Crippen molar-refractivity contribution in [3.63, 3.8) is 0 Å². The molecule has 6 heteroatoms. The van der Waals surface area contributed by atoms with Gasteiger partial charge >= 0.3 is 0 Å². The number of benzene rings is 1. The van der Waals surface area contributed by atoms with Crippen LogP contribution in [0.3, 0.4) is 0 Å². The number of carbonyl (C=O) groups excluding carboxylic acids is 1. The van der Waals surface area contributed by atoms with Gasteiger partial charge in [0, 0.05) is 0 Å². The summed E-state index contributed by atoms with van der Waals surface area (Å²) >= 11 is 1.47. The molecule has 22 heavy (non-hydrogen) atoms. The number of hydrogen-bond donors (Lipinski definition) is 0. The molecule has 0 spiro atoms. The summed E-state index contributed by atoms with van der Waals surface area (Å²) in [4.78, 5) is 24.4. The largest absolute Gasteiger partial charge is 0.378 e. The lowest BCUT2D eigenvalue weighted by atomic mass is 10.1. The lowest BCUT2D eigenvalue weighted by molar-refractivity contribution is -0.196. The van der Waals surface area contributed by atoms with Crippen LogP contribution in [0.25, 0.3) is 0 Å². The summed E-state index contributed by atoms with van der Waals surface area (Å²) in [5.41, 5.74) is -0.0672. The van der Waals surface area contributed by atoms with Crippen molar-refractivity contribution < 1.29 is 14.5 Å². The highest BCUT2D eigenvalue weighted by molar-refractivity contribution is 7.12. The molecule has 0 unspecified atom stereocenters. The minimum atomic E-state index is -1.04. The van der Waals surface area contributed by atoms with Crippen LogP contribution < -0.4 is 0 Å². The highest BCUT2D eigenvalue weighted by atomic mass is 32.1. The molecule has 114 valence electrons. The van der Waals surface area contributed by atoms with Gasteiger partial charge in [0.1, 0.15) is 6.61 Å². The van der Waals surface area contributed by atoms with Crippen LogP contribution >= 0.6 is 11.3 Å². The summed E-state index contributed by atoms with van der Waals surface area (Å²) in [7, 11) is 0. The molecule has 1 amide bonds. The Labute approximate surface area is 132 Å². The molecule has 3 rings (SSSR count). The van der Waals surface area contributed by atoms with Crippen molar-refractivity contribution in [3.05, 3.63) is 58.3 Å². The number of hydroxylamine groups is 2. The molecule has 1 aromatic heterocycles. The number of hydrogen-bond acceptors (Lipinski definition) is 5. The van der Waals surface area contributed by atoms with Crippen molar-refractivity contribution in [1.29, 1.82) is 0 Å². The Bertz CT molecular complexity index is 681. The number of amidine groups is 1. The smallest absolute Gasteiger partial charge is 0.298 e. The normalized spacial score (nSPS) is 17.1. The summed E-state index contributed by atoms with van der Waals surface area (Å²) in [6.45, 7) is 3.62. The Balaban J connectivity index is 1.85. The minimum Gasteiger partial charge on any atom is -0.378 e. The molecule has 1 aliphatic rings. The van der Waals surface area contributed by atoms with Crippen LogP contribution in [0.15, 0.2) is 53.0 Å². The monoisotopic (exact) mass is 316 g/mol. The zero-order valence-corrected chi connectivity index (χ0v) is 13.2.